The fourth-order valence-corrected chi connectivity index (χ4v) is 11.1. The second-order valence-corrected chi connectivity index (χ2v) is 21.1. The summed E-state index contributed by atoms with van der Waals surface area (Å²) in [7, 11) is 3.14. The number of carbonyl (C=O) groups is 4. The van der Waals surface area contributed by atoms with Crippen molar-refractivity contribution in [1.82, 2.24) is 9.62 Å². The van der Waals surface area contributed by atoms with Crippen LogP contribution in [0.15, 0.2) is 47.6 Å². The molecule has 4 aliphatic rings. The molecule has 0 radical (unpaired) electrons. The standard InChI is InChI=1S/C51H83N3O12S/c1-31-15-11-10-12-16-32(2)26-40(53-67(61)62)30-41-22-19-37(7)51(60,66-41)48(57)49(58)54-24-14-13-17-42(54)50(59)65-43(34(4)27-38-20-18-33(3)44(29-38)63-8)23-21-39(52)28-36(6)46(56)47(64-9)45(55)35(5)25-31/h10-12,15-16,28,31,33-35,37-44,46-47,53,56,60H,13-14,17-27,29-30,52H2,1-9H3,(H,61,62)/p-1/b12-10+,15-11+,32-16+,36-28+/t31-,33-,34-,35-,37-,38?,39+,40+,41+,42+,43+,44-,46-,47+,51-/m1/s1. The third-order valence-corrected chi connectivity index (χ3v) is 15.3. The van der Waals surface area contributed by atoms with Gasteiger partial charge < -0.3 is 44.3 Å². The van der Waals surface area contributed by atoms with E-state index in [0.717, 1.165) is 31.3 Å². The molecule has 2 saturated heterocycles. The molecule has 0 spiro atoms. The molecule has 1 amide bonds. The molecule has 0 aromatic rings. The second kappa shape index (κ2) is 26.9. The van der Waals surface area contributed by atoms with Crippen molar-refractivity contribution < 1.29 is 57.1 Å². The van der Waals surface area contributed by atoms with Crippen LogP contribution in [0.5, 0.6) is 0 Å². The minimum Gasteiger partial charge on any atom is -0.760 e. The van der Waals surface area contributed by atoms with E-state index in [0.29, 0.717) is 68.8 Å². The Balaban J connectivity index is 1.68. The Morgan fingerprint density at radius 2 is 1.69 bits per heavy atom. The summed E-state index contributed by atoms with van der Waals surface area (Å²) < 4.78 is 50.3. The fraction of sp³-hybridized carbons (Fsp3) is 0.765. The maximum atomic E-state index is 14.4. The van der Waals surface area contributed by atoms with E-state index in [1.54, 1.807) is 27.0 Å². The average molecular weight is 961 g/mol. The number of piperidine rings is 1. The van der Waals surface area contributed by atoms with Crippen molar-refractivity contribution >= 4 is 34.7 Å². The number of nitrogens with one attached hydrogen (secondary N) is 1. The van der Waals surface area contributed by atoms with Crippen molar-refractivity contribution in [2.45, 2.75) is 193 Å². The molecule has 67 heavy (non-hydrogen) atoms. The van der Waals surface area contributed by atoms with Crippen molar-refractivity contribution in [3.05, 3.63) is 47.6 Å². The highest BCUT2D eigenvalue weighted by Crippen LogP contribution is 2.38. The van der Waals surface area contributed by atoms with Gasteiger partial charge in [0.1, 0.15) is 24.4 Å². The number of aliphatic hydroxyl groups excluding tert-OH is 1. The lowest BCUT2D eigenvalue weighted by Gasteiger charge is -2.43. The molecule has 3 fully saturated rings. The first-order chi connectivity index (χ1) is 31.7. The average Bonchev–Trinajstić information content (AvgIpc) is 3.28. The van der Waals surface area contributed by atoms with Crippen LogP contribution < -0.4 is 10.5 Å². The van der Waals surface area contributed by atoms with Crippen LogP contribution in [0.25, 0.3) is 0 Å². The summed E-state index contributed by atoms with van der Waals surface area (Å²) in [5.41, 5.74) is 8.03. The van der Waals surface area contributed by atoms with E-state index in [9.17, 15) is 38.2 Å². The van der Waals surface area contributed by atoms with Gasteiger partial charge in [0.05, 0.1) is 12.2 Å². The van der Waals surface area contributed by atoms with Crippen LogP contribution >= 0.6 is 0 Å². The van der Waals surface area contributed by atoms with Crippen molar-refractivity contribution in [2.75, 3.05) is 20.8 Å². The minimum absolute atomic E-state index is 0.0158. The second-order valence-electron chi connectivity index (χ2n) is 20.4. The zero-order valence-electron chi connectivity index (χ0n) is 41.6. The van der Waals surface area contributed by atoms with Crippen LogP contribution in [-0.4, -0.2) is 123 Å². The van der Waals surface area contributed by atoms with Crippen molar-refractivity contribution in [2.24, 2.45) is 41.2 Å². The lowest BCUT2D eigenvalue weighted by molar-refractivity contribution is -0.264. The largest absolute Gasteiger partial charge is 0.760 e. The van der Waals surface area contributed by atoms with Crippen molar-refractivity contribution in [1.29, 1.82) is 0 Å². The summed E-state index contributed by atoms with van der Waals surface area (Å²) in [5, 5.41) is 23.4. The van der Waals surface area contributed by atoms with E-state index in [-0.39, 0.29) is 43.1 Å². The summed E-state index contributed by atoms with van der Waals surface area (Å²) in [6.45, 7) is 13.4. The molecular weight excluding hydrogens is 879 g/mol. The molecule has 1 saturated carbocycles. The number of aliphatic hydroxyl groups is 2. The van der Waals surface area contributed by atoms with E-state index in [1.165, 1.54) is 12.0 Å². The molecule has 3 aliphatic heterocycles. The monoisotopic (exact) mass is 961 g/mol. The van der Waals surface area contributed by atoms with Crippen LogP contribution in [-0.2, 0) is 49.4 Å². The van der Waals surface area contributed by atoms with Crippen LogP contribution in [0, 0.1) is 35.5 Å². The molecule has 0 aromatic heterocycles. The topological polar surface area (TPSA) is 227 Å². The van der Waals surface area contributed by atoms with Crippen LogP contribution in [0.4, 0.5) is 0 Å². The van der Waals surface area contributed by atoms with Gasteiger partial charge in [-0.3, -0.25) is 18.6 Å². The number of carbonyl (C=O) groups excluding carboxylic acids is 4. The normalized spacial score (nSPS) is 40.2. The van der Waals surface area contributed by atoms with E-state index in [2.05, 4.69) is 18.6 Å². The Labute approximate surface area is 402 Å². The number of rotatable bonds is 7. The first-order valence-electron chi connectivity index (χ1n) is 24.7. The molecule has 0 aromatic carbocycles. The number of nitrogens with zero attached hydrogens (tertiary/aromatic N) is 1. The van der Waals surface area contributed by atoms with Gasteiger partial charge in [0.2, 0.25) is 5.79 Å². The molecule has 15 nitrogen and oxygen atoms in total. The smallest absolute Gasteiger partial charge is 0.329 e. The number of hydrogen-bond donors (Lipinski definition) is 4. The van der Waals surface area contributed by atoms with Crippen LogP contribution in [0.1, 0.15) is 138 Å². The highest BCUT2D eigenvalue weighted by Gasteiger charge is 2.53. The fourth-order valence-electron chi connectivity index (χ4n) is 10.6. The van der Waals surface area contributed by atoms with Gasteiger partial charge in [0.15, 0.2) is 5.78 Å². The lowest BCUT2D eigenvalue weighted by atomic mass is 9.76. The van der Waals surface area contributed by atoms with E-state index in [4.69, 9.17) is 24.7 Å². The SMILES string of the molecule is CO[C@@H]1CC(C[C@@H](C)[C@@H]2CC[C@H](N)/C=C(\C)[C@@H](O)[C@@H](OC)C(=O)[C@H](C)C[C@H](C)/C=C/C=C/C=C(\C)C[C@H](NS(=O)[O-])C[C@@H]3CC[C@@H](C)[C@@](O)(O3)C(=O)C(=O)N3CCCC[C@H]3C(=O)O2)CC[C@H]1C. The van der Waals surface area contributed by atoms with E-state index < -0.39 is 89.1 Å². The molecule has 4 rings (SSSR count). The van der Waals surface area contributed by atoms with Gasteiger partial charge >= 0.3 is 5.97 Å². The van der Waals surface area contributed by atoms with Gasteiger partial charge in [-0.1, -0.05) is 76.6 Å². The highest BCUT2D eigenvalue weighted by molar-refractivity contribution is 7.77. The lowest BCUT2D eigenvalue weighted by Crippen LogP contribution is -2.61. The van der Waals surface area contributed by atoms with Crippen molar-refractivity contribution in [3.63, 3.8) is 0 Å². The van der Waals surface area contributed by atoms with Gasteiger partial charge in [-0.25, -0.2) is 9.52 Å². The van der Waals surface area contributed by atoms with Crippen molar-refractivity contribution in [3.8, 4) is 0 Å². The molecular formula is C51H82N3O12S-. The predicted octanol–water partition coefficient (Wildman–Crippen LogP) is 6.10. The molecule has 2 unspecified atom stereocenters. The number of fused-ring (bicyclic) bond motifs is 3. The molecule has 3 heterocycles. The number of ether oxygens (including phenoxy) is 4. The molecule has 2 bridgehead atoms. The Morgan fingerprint density at radius 3 is 2.37 bits per heavy atom. The number of methoxy groups -OCH3 is 2. The summed E-state index contributed by atoms with van der Waals surface area (Å²) in [5.74, 6) is -6.07. The summed E-state index contributed by atoms with van der Waals surface area (Å²) in [4.78, 5) is 57.8. The molecule has 1 aliphatic carbocycles. The van der Waals surface area contributed by atoms with Gasteiger partial charge in [-0.2, -0.15) is 0 Å². The third kappa shape index (κ3) is 16.3. The maximum Gasteiger partial charge on any atom is 0.329 e. The number of ketones is 2. The van der Waals surface area contributed by atoms with Gasteiger partial charge in [0, 0.05) is 56.0 Å². The zero-order valence-corrected chi connectivity index (χ0v) is 42.4. The van der Waals surface area contributed by atoms with Gasteiger partial charge in [-0.15, -0.1) is 0 Å². The number of nitrogens with two attached hydrogens (primary N) is 1. The van der Waals surface area contributed by atoms with E-state index in [1.807, 2.05) is 51.2 Å². The Kier molecular flexibility index (Phi) is 22.7. The minimum atomic E-state index is -2.62. The number of esters is 1. The van der Waals surface area contributed by atoms with Crippen LogP contribution in [0.3, 0.4) is 0 Å². The van der Waals surface area contributed by atoms with Crippen LogP contribution in [0.2, 0.25) is 0 Å². The van der Waals surface area contributed by atoms with Gasteiger partial charge in [0.25, 0.3) is 11.7 Å². The Morgan fingerprint density at radius 1 is 0.955 bits per heavy atom. The number of Topliss-reactive ketones (excluding diaryl/α,β-unsaturated/α-hetero) is 2. The Hall–Kier alpha value is -2.93. The summed E-state index contributed by atoms with van der Waals surface area (Å²) >= 11 is -2.62. The Bertz CT molecular complexity index is 1800. The highest BCUT2D eigenvalue weighted by atomic mass is 32.2. The number of hydrogen-bond acceptors (Lipinski definition) is 13. The predicted molar refractivity (Wildman–Crippen MR) is 256 cm³/mol. The summed E-state index contributed by atoms with van der Waals surface area (Å²) in [6.07, 6.45) is 15.1. The van der Waals surface area contributed by atoms with Gasteiger partial charge in [-0.05, 0) is 133 Å². The van der Waals surface area contributed by atoms with E-state index >= 15 is 0 Å². The molecule has 5 N–H and O–H groups in total. The molecule has 380 valence electrons. The summed E-state index contributed by atoms with van der Waals surface area (Å²) in [6, 6.07) is -2.29. The number of cyclic esters (lactones) is 1. The number of amides is 1. The first-order valence-corrected chi connectivity index (χ1v) is 25.8. The first kappa shape index (κ1) is 56.7. The zero-order chi connectivity index (χ0) is 49.6. The third-order valence-electron chi connectivity index (χ3n) is 14.8. The molecule has 16 heteroatoms. The molecule has 16 atom stereocenters. The maximum absolute atomic E-state index is 14.4. The number of allylic oxidation sites excluding steroid dienone is 5. The quantitative estimate of drug-likeness (QED) is 0.0981.